The van der Waals surface area contributed by atoms with Gasteiger partial charge in [-0.15, -0.1) is 0 Å². The number of methoxy groups -OCH3 is 1. The van der Waals surface area contributed by atoms with E-state index in [4.69, 9.17) is 10.5 Å². The van der Waals surface area contributed by atoms with Crippen molar-refractivity contribution in [2.24, 2.45) is 0 Å². The molecule has 0 aliphatic heterocycles. The number of hydrogen-bond donors (Lipinski definition) is 2. The van der Waals surface area contributed by atoms with Gasteiger partial charge >= 0.3 is 0 Å². The Hall–Kier alpha value is -2.69. The molecule has 2 aromatic rings. The zero-order valence-corrected chi connectivity index (χ0v) is 12.9. The number of nitrogens with one attached hydrogen (secondary N) is 1. The summed E-state index contributed by atoms with van der Waals surface area (Å²) in [7, 11) is 1.55. The minimum atomic E-state index is -0.103. The molecule has 116 valence electrons. The normalized spacial score (nSPS) is 10.1. The second kappa shape index (κ2) is 7.36. The summed E-state index contributed by atoms with van der Waals surface area (Å²) < 4.78 is 5.23. The summed E-state index contributed by atoms with van der Waals surface area (Å²) in [4.78, 5) is 14.3. The van der Waals surface area contributed by atoms with Gasteiger partial charge in [-0.2, -0.15) is 0 Å². The fourth-order valence-electron chi connectivity index (χ4n) is 2.20. The van der Waals surface area contributed by atoms with Crippen LogP contribution >= 0.6 is 0 Å². The number of nitrogens with two attached hydrogens (primary N) is 1. The van der Waals surface area contributed by atoms with Crippen molar-refractivity contribution in [3.63, 3.8) is 0 Å². The summed E-state index contributed by atoms with van der Waals surface area (Å²) in [6.07, 6.45) is 0. The van der Waals surface area contributed by atoms with Crippen molar-refractivity contribution in [1.82, 2.24) is 0 Å². The minimum Gasteiger partial charge on any atom is -0.494 e. The maximum atomic E-state index is 12.3. The molecule has 0 heterocycles. The van der Waals surface area contributed by atoms with Gasteiger partial charge in [-0.1, -0.05) is 18.2 Å². The molecular weight excluding hydrogens is 278 g/mol. The molecule has 0 aliphatic carbocycles. The van der Waals surface area contributed by atoms with Crippen LogP contribution in [0.25, 0.3) is 0 Å². The second-order valence-corrected chi connectivity index (χ2v) is 4.86. The van der Waals surface area contributed by atoms with Crippen LogP contribution in [-0.2, 0) is 4.79 Å². The molecule has 5 heteroatoms. The van der Waals surface area contributed by atoms with Crippen LogP contribution in [0.2, 0.25) is 0 Å². The fraction of sp³-hybridized carbons (Fsp3) is 0.235. The number of nitrogen functional groups attached to an aromatic ring is 1. The first-order chi connectivity index (χ1) is 10.6. The molecule has 0 atom stereocenters. The number of amides is 1. The summed E-state index contributed by atoms with van der Waals surface area (Å²) in [5, 5.41) is 2.86. The highest BCUT2D eigenvalue weighted by atomic mass is 16.5. The molecule has 1 amide bonds. The third kappa shape index (κ3) is 3.91. The molecule has 3 N–H and O–H groups in total. The molecule has 0 spiro atoms. The van der Waals surface area contributed by atoms with Crippen molar-refractivity contribution in [2.45, 2.75) is 6.92 Å². The van der Waals surface area contributed by atoms with Gasteiger partial charge in [0.1, 0.15) is 5.75 Å². The Morgan fingerprint density at radius 2 is 1.95 bits per heavy atom. The molecule has 5 nitrogen and oxygen atoms in total. The Kier molecular flexibility index (Phi) is 5.25. The first kappa shape index (κ1) is 15.7. The third-order valence-corrected chi connectivity index (χ3v) is 3.34. The van der Waals surface area contributed by atoms with Gasteiger partial charge in [0.25, 0.3) is 0 Å². The molecule has 0 saturated heterocycles. The first-order valence-electron chi connectivity index (χ1n) is 7.17. The predicted octanol–water partition coefficient (Wildman–Crippen LogP) is 2.74. The lowest BCUT2D eigenvalue weighted by molar-refractivity contribution is -0.115. The van der Waals surface area contributed by atoms with Gasteiger partial charge in [0, 0.05) is 24.0 Å². The zero-order valence-electron chi connectivity index (χ0n) is 12.9. The number of benzene rings is 2. The van der Waals surface area contributed by atoms with Crippen molar-refractivity contribution in [3.05, 3.63) is 48.5 Å². The number of para-hydroxylation sites is 1. The van der Waals surface area contributed by atoms with E-state index in [-0.39, 0.29) is 12.5 Å². The summed E-state index contributed by atoms with van der Waals surface area (Å²) in [6.45, 7) is 3.04. The lowest BCUT2D eigenvalue weighted by Crippen LogP contribution is -2.33. The number of hydrogen-bond acceptors (Lipinski definition) is 4. The Bertz CT molecular complexity index is 629. The van der Waals surface area contributed by atoms with Crippen LogP contribution < -0.4 is 20.7 Å². The first-order valence-corrected chi connectivity index (χ1v) is 7.17. The average Bonchev–Trinajstić information content (AvgIpc) is 2.55. The summed E-state index contributed by atoms with van der Waals surface area (Å²) in [6, 6.07) is 15.0. The number of ether oxygens (including phenoxy) is 1. The van der Waals surface area contributed by atoms with E-state index in [9.17, 15) is 4.79 Å². The fourth-order valence-corrected chi connectivity index (χ4v) is 2.20. The highest BCUT2D eigenvalue weighted by Crippen LogP contribution is 2.26. The van der Waals surface area contributed by atoms with Crippen LogP contribution in [0.5, 0.6) is 5.75 Å². The van der Waals surface area contributed by atoms with E-state index in [0.717, 1.165) is 12.2 Å². The van der Waals surface area contributed by atoms with Gasteiger partial charge in [0.15, 0.2) is 0 Å². The summed E-state index contributed by atoms with van der Waals surface area (Å²) in [5.41, 5.74) is 7.94. The molecule has 2 rings (SSSR count). The van der Waals surface area contributed by atoms with Crippen LogP contribution in [0.15, 0.2) is 48.5 Å². The number of carbonyl (C=O) groups excluding carboxylic acids is 1. The lowest BCUT2D eigenvalue weighted by atomic mass is 10.2. The molecule has 0 aromatic heterocycles. The monoisotopic (exact) mass is 299 g/mol. The Balaban J connectivity index is 2.06. The average molecular weight is 299 g/mol. The number of carbonyl (C=O) groups is 1. The quantitative estimate of drug-likeness (QED) is 0.805. The Morgan fingerprint density at radius 3 is 2.59 bits per heavy atom. The van der Waals surface area contributed by atoms with E-state index in [1.807, 2.05) is 42.2 Å². The van der Waals surface area contributed by atoms with Gasteiger partial charge < -0.3 is 20.7 Å². The van der Waals surface area contributed by atoms with E-state index >= 15 is 0 Å². The van der Waals surface area contributed by atoms with Crippen molar-refractivity contribution >= 4 is 23.0 Å². The predicted molar refractivity (Wildman–Crippen MR) is 90.4 cm³/mol. The van der Waals surface area contributed by atoms with Crippen LogP contribution in [0, 0.1) is 0 Å². The summed E-state index contributed by atoms with van der Waals surface area (Å²) >= 11 is 0. The van der Waals surface area contributed by atoms with Gasteiger partial charge in [0.2, 0.25) is 5.91 Å². The largest absolute Gasteiger partial charge is 0.494 e. The van der Waals surface area contributed by atoms with Gasteiger partial charge in [-0.3, -0.25) is 4.79 Å². The molecule has 22 heavy (non-hydrogen) atoms. The molecule has 0 unspecified atom stereocenters. The number of likely N-dealkylation sites (N-methyl/N-ethyl adjacent to an activating group) is 1. The van der Waals surface area contributed by atoms with Gasteiger partial charge in [-0.25, -0.2) is 0 Å². The molecule has 0 fully saturated rings. The number of anilines is 3. The Labute approximate surface area is 130 Å². The molecule has 0 radical (unpaired) electrons. The highest BCUT2D eigenvalue weighted by molar-refractivity contribution is 5.95. The van der Waals surface area contributed by atoms with Crippen molar-refractivity contribution < 1.29 is 9.53 Å². The molecule has 2 aromatic carbocycles. The smallest absolute Gasteiger partial charge is 0.243 e. The second-order valence-electron chi connectivity index (χ2n) is 4.86. The number of rotatable bonds is 6. The van der Waals surface area contributed by atoms with Crippen LogP contribution in [-0.4, -0.2) is 26.1 Å². The van der Waals surface area contributed by atoms with Crippen molar-refractivity contribution in [2.75, 3.05) is 36.1 Å². The van der Waals surface area contributed by atoms with E-state index in [2.05, 4.69) is 5.32 Å². The standard InChI is InChI=1S/C17H21N3O2/c1-3-20(14-7-5-4-6-8-14)12-17(21)19-15-10-9-13(18)11-16(15)22-2/h4-11H,3,12,18H2,1-2H3,(H,19,21). The topological polar surface area (TPSA) is 67.6 Å². The number of nitrogens with zero attached hydrogens (tertiary/aromatic N) is 1. The third-order valence-electron chi connectivity index (χ3n) is 3.34. The summed E-state index contributed by atoms with van der Waals surface area (Å²) in [5.74, 6) is 0.449. The van der Waals surface area contributed by atoms with Crippen LogP contribution in [0.1, 0.15) is 6.92 Å². The molecule has 0 aliphatic rings. The van der Waals surface area contributed by atoms with E-state index in [1.54, 1.807) is 25.3 Å². The zero-order chi connectivity index (χ0) is 15.9. The van der Waals surface area contributed by atoms with Crippen molar-refractivity contribution in [3.8, 4) is 5.75 Å². The van der Waals surface area contributed by atoms with E-state index in [1.165, 1.54) is 0 Å². The Morgan fingerprint density at radius 1 is 1.23 bits per heavy atom. The van der Waals surface area contributed by atoms with E-state index < -0.39 is 0 Å². The molecular formula is C17H21N3O2. The minimum absolute atomic E-state index is 0.103. The maximum absolute atomic E-state index is 12.3. The maximum Gasteiger partial charge on any atom is 0.243 e. The lowest BCUT2D eigenvalue weighted by Gasteiger charge is -2.22. The SMILES string of the molecule is CCN(CC(=O)Nc1ccc(N)cc1OC)c1ccccc1. The van der Waals surface area contributed by atoms with Crippen LogP contribution in [0.3, 0.4) is 0 Å². The van der Waals surface area contributed by atoms with Crippen LogP contribution in [0.4, 0.5) is 17.1 Å². The van der Waals surface area contributed by atoms with E-state index in [0.29, 0.717) is 17.1 Å². The molecule has 0 saturated carbocycles. The van der Waals surface area contributed by atoms with Gasteiger partial charge in [0.05, 0.1) is 19.3 Å². The highest BCUT2D eigenvalue weighted by Gasteiger charge is 2.12. The van der Waals surface area contributed by atoms with Gasteiger partial charge in [-0.05, 0) is 31.2 Å². The molecule has 0 bridgehead atoms. The van der Waals surface area contributed by atoms with Crippen molar-refractivity contribution in [1.29, 1.82) is 0 Å².